The van der Waals surface area contributed by atoms with Crippen LogP contribution in [0.5, 0.6) is 0 Å². The molecule has 0 aliphatic rings. The van der Waals surface area contributed by atoms with Crippen LogP contribution in [0, 0.1) is 5.95 Å². The van der Waals surface area contributed by atoms with Crippen molar-refractivity contribution in [1.29, 1.82) is 0 Å². The molecular weight excluding hydrogens is 264 g/mol. The second-order valence-corrected chi connectivity index (χ2v) is 2.17. The van der Waals surface area contributed by atoms with E-state index in [2.05, 4.69) is 8.05 Å². The van der Waals surface area contributed by atoms with Crippen molar-refractivity contribution >= 4 is 29.0 Å². The molecule has 11 heavy (non-hydrogen) atoms. The molecule has 0 spiro atoms. The average Bonchev–Trinajstić information content (AvgIpc) is 2.03. The maximum Gasteiger partial charge on any atom is 0.347 e. The van der Waals surface area contributed by atoms with Gasteiger partial charge in [-0.2, -0.15) is 4.39 Å². The Morgan fingerprint density at radius 2 is 2.45 bits per heavy atom. The van der Waals surface area contributed by atoms with Gasteiger partial charge in [-0.05, 0) is 6.07 Å². The first-order valence-corrected chi connectivity index (χ1v) is 3.56. The number of rotatable bonds is 1. The first kappa shape index (κ1) is 8.38. The number of hydrogen-bond acceptors (Lipinski definition) is 3. The van der Waals surface area contributed by atoms with Crippen LogP contribution in [0.15, 0.2) is 18.3 Å². The van der Waals surface area contributed by atoms with E-state index in [9.17, 15) is 9.18 Å². The van der Waals surface area contributed by atoms with E-state index in [1.165, 1.54) is 35.3 Å². The lowest BCUT2D eigenvalue weighted by Crippen LogP contribution is -1.98. The number of pyridine rings is 1. The number of aromatic nitrogens is 1. The van der Waals surface area contributed by atoms with Crippen molar-refractivity contribution in [2.75, 3.05) is 0 Å². The topological polar surface area (TPSA) is 39.2 Å². The van der Waals surface area contributed by atoms with Crippen molar-refractivity contribution in [2.24, 2.45) is 0 Å². The molecule has 0 aliphatic heterocycles. The monoisotopic (exact) mass is 267 g/mol. The standard InChI is InChI=1S/C6H3FINO2/c7-5-3-4(1-2-9-5)6(10)11-8/h1-3H. The SMILES string of the molecule is O=C(OI)c1ccnc(F)c1. The summed E-state index contributed by atoms with van der Waals surface area (Å²) >= 11 is 1.44. The van der Waals surface area contributed by atoms with Crippen LogP contribution in [0.1, 0.15) is 10.4 Å². The highest BCUT2D eigenvalue weighted by Crippen LogP contribution is 2.04. The molecule has 3 nitrogen and oxygen atoms in total. The summed E-state index contributed by atoms with van der Waals surface area (Å²) in [5.41, 5.74) is 0.159. The molecular formula is C6H3FINO2. The van der Waals surface area contributed by atoms with Crippen molar-refractivity contribution in [2.45, 2.75) is 0 Å². The van der Waals surface area contributed by atoms with Crippen LogP contribution < -0.4 is 0 Å². The summed E-state index contributed by atoms with van der Waals surface area (Å²) in [6, 6.07) is 2.39. The Morgan fingerprint density at radius 3 is 3.00 bits per heavy atom. The highest BCUT2D eigenvalue weighted by Gasteiger charge is 2.05. The van der Waals surface area contributed by atoms with Gasteiger partial charge in [-0.1, -0.05) is 0 Å². The third kappa shape index (κ3) is 2.11. The van der Waals surface area contributed by atoms with Gasteiger partial charge in [0.1, 0.15) is 0 Å². The molecule has 0 unspecified atom stereocenters. The maximum atomic E-state index is 12.3. The fraction of sp³-hybridized carbons (Fsp3) is 0. The number of halogens is 2. The summed E-state index contributed by atoms with van der Waals surface area (Å²) in [5, 5.41) is 0. The molecule has 1 heterocycles. The van der Waals surface area contributed by atoms with Crippen LogP contribution in [-0.4, -0.2) is 11.0 Å². The molecule has 0 bridgehead atoms. The van der Waals surface area contributed by atoms with Crippen LogP contribution in [0.2, 0.25) is 0 Å². The van der Waals surface area contributed by atoms with Gasteiger partial charge < -0.3 is 3.07 Å². The van der Waals surface area contributed by atoms with Gasteiger partial charge in [-0.15, -0.1) is 0 Å². The third-order valence-corrected chi connectivity index (χ3v) is 1.43. The molecule has 0 saturated carbocycles. The highest BCUT2D eigenvalue weighted by molar-refractivity contribution is 14.1. The summed E-state index contributed by atoms with van der Waals surface area (Å²) in [6.07, 6.45) is 1.21. The second kappa shape index (κ2) is 3.61. The summed E-state index contributed by atoms with van der Waals surface area (Å²) in [7, 11) is 0. The van der Waals surface area contributed by atoms with E-state index >= 15 is 0 Å². The summed E-state index contributed by atoms with van der Waals surface area (Å²) in [6.45, 7) is 0. The Kier molecular flexibility index (Phi) is 2.75. The summed E-state index contributed by atoms with van der Waals surface area (Å²) in [4.78, 5) is 14.0. The Morgan fingerprint density at radius 1 is 1.73 bits per heavy atom. The van der Waals surface area contributed by atoms with E-state index in [1.807, 2.05) is 0 Å². The van der Waals surface area contributed by atoms with E-state index in [-0.39, 0.29) is 5.56 Å². The van der Waals surface area contributed by atoms with E-state index in [1.54, 1.807) is 0 Å². The normalized spacial score (nSPS) is 9.27. The predicted octanol–water partition coefficient (Wildman–Crippen LogP) is 1.73. The zero-order valence-electron chi connectivity index (χ0n) is 5.25. The molecule has 0 aromatic carbocycles. The van der Waals surface area contributed by atoms with Gasteiger partial charge in [-0.3, -0.25) is 0 Å². The quantitative estimate of drug-likeness (QED) is 0.574. The van der Waals surface area contributed by atoms with Crippen LogP contribution >= 0.6 is 23.0 Å². The second-order valence-electron chi connectivity index (χ2n) is 1.73. The molecule has 5 heteroatoms. The molecule has 1 rings (SSSR count). The van der Waals surface area contributed by atoms with Crippen molar-refractivity contribution in [1.82, 2.24) is 4.98 Å². The summed E-state index contributed by atoms with van der Waals surface area (Å²) < 4.78 is 16.7. The van der Waals surface area contributed by atoms with Gasteiger partial charge in [-0.25, -0.2) is 9.78 Å². The van der Waals surface area contributed by atoms with Gasteiger partial charge in [0.05, 0.1) is 5.56 Å². The van der Waals surface area contributed by atoms with Gasteiger partial charge in [0.2, 0.25) is 5.95 Å². The Balaban J connectivity index is 2.96. The lowest BCUT2D eigenvalue weighted by atomic mass is 10.3. The van der Waals surface area contributed by atoms with Crippen LogP contribution in [0.25, 0.3) is 0 Å². The Hall–Kier alpha value is -0.720. The minimum atomic E-state index is -0.690. The first-order chi connectivity index (χ1) is 5.24. The molecule has 0 aliphatic carbocycles. The largest absolute Gasteiger partial charge is 0.391 e. The Labute approximate surface area is 76.3 Å². The molecule has 1 aromatic rings. The van der Waals surface area contributed by atoms with E-state index in [4.69, 9.17) is 0 Å². The van der Waals surface area contributed by atoms with E-state index < -0.39 is 11.9 Å². The van der Waals surface area contributed by atoms with Gasteiger partial charge in [0.15, 0.2) is 23.0 Å². The number of carbonyl (C=O) groups is 1. The smallest absolute Gasteiger partial charge is 0.347 e. The van der Waals surface area contributed by atoms with Gasteiger partial charge in [0.25, 0.3) is 0 Å². The van der Waals surface area contributed by atoms with E-state index in [0.29, 0.717) is 0 Å². The fourth-order valence-corrected chi connectivity index (χ4v) is 0.828. The predicted molar refractivity (Wildman–Crippen MR) is 43.6 cm³/mol. The maximum absolute atomic E-state index is 12.3. The molecule has 58 valence electrons. The van der Waals surface area contributed by atoms with Crippen molar-refractivity contribution in [3.63, 3.8) is 0 Å². The first-order valence-electron chi connectivity index (χ1n) is 2.68. The van der Waals surface area contributed by atoms with Crippen LogP contribution in [0.3, 0.4) is 0 Å². The third-order valence-electron chi connectivity index (χ3n) is 1.03. The minimum Gasteiger partial charge on any atom is -0.391 e. The number of carbonyl (C=O) groups excluding carboxylic acids is 1. The Bertz CT molecular complexity index is 279. The molecule has 0 radical (unpaired) electrons. The molecule has 1 aromatic heterocycles. The summed E-state index contributed by atoms with van der Waals surface area (Å²) in [5.74, 6) is -1.27. The van der Waals surface area contributed by atoms with Gasteiger partial charge >= 0.3 is 5.97 Å². The minimum absolute atomic E-state index is 0.159. The van der Waals surface area contributed by atoms with E-state index in [0.717, 1.165) is 6.07 Å². The number of nitrogens with zero attached hydrogens (tertiary/aromatic N) is 1. The zero-order chi connectivity index (χ0) is 8.27. The molecule has 0 saturated heterocycles. The highest BCUT2D eigenvalue weighted by atomic mass is 127. The number of hydrogen-bond donors (Lipinski definition) is 0. The fourth-order valence-electron chi connectivity index (χ4n) is 0.574. The lowest BCUT2D eigenvalue weighted by molar-refractivity contribution is 0.0799. The van der Waals surface area contributed by atoms with Crippen LogP contribution in [0.4, 0.5) is 4.39 Å². The van der Waals surface area contributed by atoms with Crippen molar-refractivity contribution < 1.29 is 12.3 Å². The lowest BCUT2D eigenvalue weighted by Gasteiger charge is -1.94. The molecule has 0 amide bonds. The molecule has 0 fully saturated rings. The molecule has 0 N–H and O–H groups in total. The van der Waals surface area contributed by atoms with Crippen molar-refractivity contribution in [3.05, 3.63) is 29.8 Å². The van der Waals surface area contributed by atoms with Crippen LogP contribution in [-0.2, 0) is 3.07 Å². The zero-order valence-corrected chi connectivity index (χ0v) is 7.41. The van der Waals surface area contributed by atoms with Gasteiger partial charge in [0, 0.05) is 12.3 Å². The average molecular weight is 267 g/mol. The van der Waals surface area contributed by atoms with Crippen molar-refractivity contribution in [3.8, 4) is 0 Å². The molecule has 0 atom stereocenters.